The first-order valence-corrected chi connectivity index (χ1v) is 10.8. The van der Waals surface area contributed by atoms with Gasteiger partial charge in [-0.2, -0.15) is 0 Å². The fraction of sp³-hybridized carbons (Fsp3) is 0.739. The van der Waals surface area contributed by atoms with Crippen molar-refractivity contribution >= 4 is 5.69 Å². The molecule has 0 aliphatic carbocycles. The molecule has 0 N–H and O–H groups in total. The molecule has 31 heavy (non-hydrogen) atoms. The summed E-state index contributed by atoms with van der Waals surface area (Å²) in [6.45, 7) is 10.8. The van der Waals surface area contributed by atoms with Crippen LogP contribution in [0.3, 0.4) is 0 Å². The SMILES string of the molecule is COCCOCCOCCOCCOCCOCCOc1cc(C)c(N(C)C)cc1C. The zero-order valence-corrected chi connectivity index (χ0v) is 19.9. The Morgan fingerprint density at radius 1 is 0.581 bits per heavy atom. The third kappa shape index (κ3) is 13.6. The maximum Gasteiger partial charge on any atom is 0.122 e. The van der Waals surface area contributed by atoms with Gasteiger partial charge in [0.05, 0.1) is 72.7 Å². The molecule has 0 atom stereocenters. The summed E-state index contributed by atoms with van der Waals surface area (Å²) in [5, 5.41) is 0. The first-order valence-electron chi connectivity index (χ1n) is 10.8. The van der Waals surface area contributed by atoms with Crippen LogP contribution in [0.25, 0.3) is 0 Å². The summed E-state index contributed by atoms with van der Waals surface area (Å²) < 4.78 is 37.9. The Balaban J connectivity index is 1.89. The highest BCUT2D eigenvalue weighted by atomic mass is 16.6. The van der Waals surface area contributed by atoms with E-state index >= 15 is 0 Å². The van der Waals surface area contributed by atoms with Crippen molar-refractivity contribution in [1.29, 1.82) is 0 Å². The van der Waals surface area contributed by atoms with E-state index in [1.165, 1.54) is 11.3 Å². The Bertz CT molecular complexity index is 569. The van der Waals surface area contributed by atoms with E-state index in [2.05, 4.69) is 30.9 Å². The molecule has 0 aliphatic heterocycles. The largest absolute Gasteiger partial charge is 0.491 e. The van der Waals surface area contributed by atoms with Crippen molar-refractivity contribution in [3.63, 3.8) is 0 Å². The summed E-state index contributed by atoms with van der Waals surface area (Å²) in [6.07, 6.45) is 0. The maximum absolute atomic E-state index is 5.85. The molecular formula is C23H41NO7. The summed E-state index contributed by atoms with van der Waals surface area (Å²) in [7, 11) is 5.74. The van der Waals surface area contributed by atoms with Gasteiger partial charge in [-0.3, -0.25) is 0 Å². The summed E-state index contributed by atoms with van der Waals surface area (Å²) in [6, 6.07) is 4.22. The zero-order chi connectivity index (χ0) is 22.7. The van der Waals surface area contributed by atoms with E-state index in [1.807, 2.05) is 14.1 Å². The third-order valence-electron chi connectivity index (χ3n) is 4.38. The standard InChI is InChI=1S/C23H41NO7/c1-20-19-23(21(2)18-22(20)24(3)4)31-17-16-30-15-14-29-13-12-28-11-10-27-9-8-26-7-6-25-5/h18-19H,6-17H2,1-5H3. The average Bonchev–Trinajstić information content (AvgIpc) is 2.74. The molecular weight excluding hydrogens is 402 g/mol. The van der Waals surface area contributed by atoms with Crippen LogP contribution in [-0.4, -0.2) is 100 Å². The summed E-state index contributed by atoms with van der Waals surface area (Å²) in [5.74, 6) is 0.905. The van der Waals surface area contributed by atoms with Crippen LogP contribution >= 0.6 is 0 Å². The van der Waals surface area contributed by atoms with Crippen LogP contribution in [0.2, 0.25) is 0 Å². The molecule has 0 amide bonds. The van der Waals surface area contributed by atoms with Gasteiger partial charge in [-0.05, 0) is 37.1 Å². The Morgan fingerprint density at radius 2 is 1.00 bits per heavy atom. The molecule has 0 heterocycles. The molecule has 0 unspecified atom stereocenters. The Hall–Kier alpha value is -1.42. The molecule has 0 aliphatic rings. The number of rotatable bonds is 20. The highest BCUT2D eigenvalue weighted by Gasteiger charge is 2.07. The van der Waals surface area contributed by atoms with Gasteiger partial charge in [-0.1, -0.05) is 0 Å². The number of anilines is 1. The molecule has 0 bridgehead atoms. The highest BCUT2D eigenvalue weighted by molar-refractivity contribution is 5.57. The van der Waals surface area contributed by atoms with E-state index < -0.39 is 0 Å². The lowest BCUT2D eigenvalue weighted by molar-refractivity contribution is -0.0159. The number of aryl methyl sites for hydroxylation is 2. The van der Waals surface area contributed by atoms with Gasteiger partial charge in [0.1, 0.15) is 12.4 Å². The normalized spacial score (nSPS) is 11.1. The van der Waals surface area contributed by atoms with E-state index in [0.29, 0.717) is 79.3 Å². The minimum atomic E-state index is 0.516. The predicted molar refractivity (Wildman–Crippen MR) is 122 cm³/mol. The zero-order valence-electron chi connectivity index (χ0n) is 19.9. The Kier molecular flexibility index (Phi) is 16.2. The van der Waals surface area contributed by atoms with Crippen LogP contribution in [0.15, 0.2) is 12.1 Å². The van der Waals surface area contributed by atoms with Crippen molar-refractivity contribution in [3.05, 3.63) is 23.3 Å². The fourth-order valence-electron chi connectivity index (χ4n) is 2.75. The molecule has 1 aromatic rings. The van der Waals surface area contributed by atoms with Crippen molar-refractivity contribution < 1.29 is 33.2 Å². The third-order valence-corrected chi connectivity index (χ3v) is 4.38. The molecule has 0 radical (unpaired) electrons. The van der Waals surface area contributed by atoms with E-state index in [-0.39, 0.29) is 0 Å². The second-order valence-corrected chi connectivity index (χ2v) is 7.20. The lowest BCUT2D eigenvalue weighted by Crippen LogP contribution is -2.15. The molecule has 1 aromatic carbocycles. The molecule has 0 saturated heterocycles. The Labute approximate surface area is 187 Å². The lowest BCUT2D eigenvalue weighted by atomic mass is 10.1. The lowest BCUT2D eigenvalue weighted by Gasteiger charge is -2.18. The highest BCUT2D eigenvalue weighted by Crippen LogP contribution is 2.27. The average molecular weight is 444 g/mol. The van der Waals surface area contributed by atoms with Gasteiger partial charge in [0.15, 0.2) is 0 Å². The Morgan fingerprint density at radius 3 is 1.42 bits per heavy atom. The van der Waals surface area contributed by atoms with Crippen LogP contribution in [0.5, 0.6) is 5.75 Å². The molecule has 0 aromatic heterocycles. The van der Waals surface area contributed by atoms with E-state index in [0.717, 1.165) is 11.3 Å². The number of hydrogen-bond donors (Lipinski definition) is 0. The van der Waals surface area contributed by atoms with Crippen molar-refractivity contribution in [2.45, 2.75) is 13.8 Å². The second-order valence-electron chi connectivity index (χ2n) is 7.20. The minimum Gasteiger partial charge on any atom is -0.491 e. The first-order chi connectivity index (χ1) is 15.1. The second kappa shape index (κ2) is 18.2. The molecule has 1 rings (SSSR count). The van der Waals surface area contributed by atoms with Gasteiger partial charge in [0.2, 0.25) is 0 Å². The topological polar surface area (TPSA) is 67.9 Å². The molecule has 8 heteroatoms. The van der Waals surface area contributed by atoms with Gasteiger partial charge in [0.25, 0.3) is 0 Å². The predicted octanol–water partition coefficient (Wildman–Crippen LogP) is 2.48. The maximum atomic E-state index is 5.85. The van der Waals surface area contributed by atoms with E-state index in [9.17, 15) is 0 Å². The number of nitrogens with zero attached hydrogens (tertiary/aromatic N) is 1. The van der Waals surface area contributed by atoms with Crippen LogP contribution in [-0.2, 0) is 28.4 Å². The summed E-state index contributed by atoms with van der Waals surface area (Å²) in [5.41, 5.74) is 3.53. The molecule has 0 spiro atoms. The van der Waals surface area contributed by atoms with Crippen LogP contribution < -0.4 is 9.64 Å². The first kappa shape index (κ1) is 27.6. The van der Waals surface area contributed by atoms with Crippen molar-refractivity contribution in [1.82, 2.24) is 0 Å². The van der Waals surface area contributed by atoms with Gasteiger partial charge in [0, 0.05) is 26.9 Å². The smallest absolute Gasteiger partial charge is 0.122 e. The number of benzene rings is 1. The minimum absolute atomic E-state index is 0.516. The quantitative estimate of drug-likeness (QED) is 0.285. The summed E-state index contributed by atoms with van der Waals surface area (Å²) in [4.78, 5) is 2.11. The number of ether oxygens (including phenoxy) is 7. The van der Waals surface area contributed by atoms with Crippen LogP contribution in [0, 0.1) is 13.8 Å². The van der Waals surface area contributed by atoms with E-state index in [4.69, 9.17) is 33.2 Å². The number of methoxy groups -OCH3 is 1. The molecule has 0 saturated carbocycles. The van der Waals surface area contributed by atoms with Gasteiger partial charge in [-0.15, -0.1) is 0 Å². The van der Waals surface area contributed by atoms with Gasteiger partial charge < -0.3 is 38.1 Å². The molecule has 0 fully saturated rings. The summed E-state index contributed by atoms with van der Waals surface area (Å²) >= 11 is 0. The van der Waals surface area contributed by atoms with Gasteiger partial charge in [-0.25, -0.2) is 0 Å². The molecule has 180 valence electrons. The van der Waals surface area contributed by atoms with Crippen LogP contribution in [0.4, 0.5) is 5.69 Å². The number of hydrogen-bond acceptors (Lipinski definition) is 8. The molecule has 8 nitrogen and oxygen atoms in total. The van der Waals surface area contributed by atoms with E-state index in [1.54, 1.807) is 7.11 Å². The monoisotopic (exact) mass is 443 g/mol. The van der Waals surface area contributed by atoms with Crippen molar-refractivity contribution in [2.75, 3.05) is 105 Å². The fourth-order valence-corrected chi connectivity index (χ4v) is 2.75. The van der Waals surface area contributed by atoms with Crippen molar-refractivity contribution in [3.8, 4) is 5.75 Å². The van der Waals surface area contributed by atoms with Gasteiger partial charge >= 0.3 is 0 Å². The van der Waals surface area contributed by atoms with Crippen LogP contribution in [0.1, 0.15) is 11.1 Å². The van der Waals surface area contributed by atoms with Crippen molar-refractivity contribution in [2.24, 2.45) is 0 Å².